The number of nitrogens with zero attached hydrogens (tertiary/aromatic N) is 2. The summed E-state index contributed by atoms with van der Waals surface area (Å²) in [5.74, 6) is 0.00667. The van der Waals surface area contributed by atoms with Crippen LogP contribution in [0.15, 0.2) is 41.2 Å². The number of aryl methyl sites for hydroxylation is 1. The van der Waals surface area contributed by atoms with Gasteiger partial charge in [-0.1, -0.05) is 25.1 Å². The number of rotatable bonds is 3. The van der Waals surface area contributed by atoms with Gasteiger partial charge in [-0.25, -0.2) is 9.37 Å². The van der Waals surface area contributed by atoms with Crippen LogP contribution in [0.4, 0.5) is 4.39 Å². The Labute approximate surface area is 128 Å². The second-order valence-corrected chi connectivity index (χ2v) is 5.37. The fourth-order valence-corrected chi connectivity index (χ4v) is 2.70. The van der Waals surface area contributed by atoms with Gasteiger partial charge in [0.25, 0.3) is 5.56 Å². The average Bonchev–Trinajstić information content (AvgIpc) is 2.54. The van der Waals surface area contributed by atoms with Gasteiger partial charge in [0.15, 0.2) is 0 Å². The smallest absolute Gasteiger partial charge is 0.268 e. The van der Waals surface area contributed by atoms with E-state index in [1.807, 2.05) is 25.1 Å². The van der Waals surface area contributed by atoms with Gasteiger partial charge in [-0.15, -0.1) is 0 Å². The molecule has 2 N–H and O–H groups in total. The van der Waals surface area contributed by atoms with Crippen LogP contribution in [0, 0.1) is 0 Å². The van der Waals surface area contributed by atoms with E-state index in [1.165, 1.54) is 10.6 Å². The summed E-state index contributed by atoms with van der Waals surface area (Å²) in [4.78, 5) is 17.4. The first-order valence-electron chi connectivity index (χ1n) is 7.46. The molecule has 1 heterocycles. The zero-order chi connectivity index (χ0) is 15.7. The Hall–Kier alpha value is -2.27. The zero-order valence-corrected chi connectivity index (χ0v) is 12.4. The molecule has 0 bridgehead atoms. The molecule has 114 valence electrons. The Morgan fingerprint density at radius 3 is 2.77 bits per heavy atom. The first kappa shape index (κ1) is 14.7. The molecule has 0 unspecified atom stereocenters. The molecule has 0 saturated carbocycles. The molecule has 0 radical (unpaired) electrons. The van der Waals surface area contributed by atoms with Gasteiger partial charge in [0, 0.05) is 0 Å². The fraction of sp³-hybridized carbons (Fsp3) is 0.294. The molecule has 0 aliphatic heterocycles. The number of allylic oxidation sites excluding steroid dienone is 1. The van der Waals surface area contributed by atoms with E-state index in [4.69, 9.17) is 5.73 Å². The highest BCUT2D eigenvalue weighted by atomic mass is 19.1. The van der Waals surface area contributed by atoms with Crippen LogP contribution in [0.3, 0.4) is 0 Å². The van der Waals surface area contributed by atoms with Crippen molar-refractivity contribution in [3.8, 4) is 5.69 Å². The van der Waals surface area contributed by atoms with E-state index >= 15 is 0 Å². The van der Waals surface area contributed by atoms with E-state index in [9.17, 15) is 9.18 Å². The number of nitrogens with two attached hydrogens (primary N) is 1. The lowest BCUT2D eigenvalue weighted by atomic mass is 10.0. The average molecular weight is 299 g/mol. The first-order chi connectivity index (χ1) is 10.6. The van der Waals surface area contributed by atoms with Crippen LogP contribution in [-0.4, -0.2) is 9.55 Å². The number of benzene rings is 1. The molecule has 1 aromatic heterocycles. The molecule has 1 aliphatic carbocycles. The number of hydrogen-bond donors (Lipinski definition) is 1. The van der Waals surface area contributed by atoms with E-state index < -0.39 is 5.83 Å². The first-order valence-corrected chi connectivity index (χ1v) is 7.46. The second-order valence-electron chi connectivity index (χ2n) is 5.37. The maximum atomic E-state index is 14.1. The molecule has 1 atom stereocenters. The molecule has 1 aromatic carbocycles. The van der Waals surface area contributed by atoms with Gasteiger partial charge in [0.1, 0.15) is 11.7 Å². The van der Waals surface area contributed by atoms with Crippen LogP contribution >= 0.6 is 0 Å². The highest BCUT2D eigenvalue weighted by molar-refractivity contribution is 5.62. The molecular formula is C17H18FN3O. The number of para-hydroxylation sites is 1. The van der Waals surface area contributed by atoms with Crippen LogP contribution < -0.4 is 11.3 Å². The summed E-state index contributed by atoms with van der Waals surface area (Å²) in [6, 6.07) is 8.74. The predicted octanol–water partition coefficient (Wildman–Crippen LogP) is 2.90. The minimum absolute atomic E-state index is 0.0714. The van der Waals surface area contributed by atoms with Gasteiger partial charge in [0.05, 0.1) is 23.0 Å². The Morgan fingerprint density at radius 2 is 2.09 bits per heavy atom. The van der Waals surface area contributed by atoms with Crippen LogP contribution in [0.1, 0.15) is 42.9 Å². The molecule has 3 rings (SSSR count). The maximum absolute atomic E-state index is 14.1. The summed E-state index contributed by atoms with van der Waals surface area (Å²) in [7, 11) is 0. The van der Waals surface area contributed by atoms with Gasteiger partial charge in [0.2, 0.25) is 0 Å². The Balaban J connectivity index is 2.34. The second kappa shape index (κ2) is 5.85. The van der Waals surface area contributed by atoms with Crippen molar-refractivity contribution < 1.29 is 4.39 Å². The van der Waals surface area contributed by atoms with Crippen LogP contribution in [0.2, 0.25) is 0 Å². The molecular weight excluding hydrogens is 281 g/mol. The summed E-state index contributed by atoms with van der Waals surface area (Å²) in [6.07, 6.45) is 3.22. The van der Waals surface area contributed by atoms with Crippen molar-refractivity contribution in [2.75, 3.05) is 0 Å². The molecule has 0 spiro atoms. The summed E-state index contributed by atoms with van der Waals surface area (Å²) in [6.45, 7) is 1.94. The van der Waals surface area contributed by atoms with Crippen molar-refractivity contribution >= 4 is 5.83 Å². The van der Waals surface area contributed by atoms with E-state index in [1.54, 1.807) is 12.1 Å². The summed E-state index contributed by atoms with van der Waals surface area (Å²) in [5, 5.41) is 0. The fourth-order valence-electron chi connectivity index (χ4n) is 2.70. The minimum atomic E-state index is -0.486. The zero-order valence-electron chi connectivity index (χ0n) is 12.4. The lowest BCUT2D eigenvalue weighted by Gasteiger charge is -2.21. The minimum Gasteiger partial charge on any atom is -0.321 e. The molecule has 4 nitrogen and oxygen atoms in total. The molecule has 1 aliphatic rings. The maximum Gasteiger partial charge on any atom is 0.268 e. The summed E-state index contributed by atoms with van der Waals surface area (Å²) in [5.41, 5.74) is 6.99. The van der Waals surface area contributed by atoms with Crippen molar-refractivity contribution in [2.24, 2.45) is 5.73 Å². The summed E-state index contributed by atoms with van der Waals surface area (Å²) < 4.78 is 15.6. The van der Waals surface area contributed by atoms with Crippen molar-refractivity contribution in [1.82, 2.24) is 9.55 Å². The molecule has 5 heteroatoms. The van der Waals surface area contributed by atoms with Gasteiger partial charge in [-0.2, -0.15) is 0 Å². The van der Waals surface area contributed by atoms with Crippen LogP contribution in [0.25, 0.3) is 11.5 Å². The number of fused-ring (bicyclic) bond motifs is 1. The number of aromatic nitrogens is 2. The van der Waals surface area contributed by atoms with Crippen molar-refractivity contribution in [2.45, 2.75) is 32.2 Å². The molecule has 0 amide bonds. The van der Waals surface area contributed by atoms with E-state index in [0.717, 1.165) is 0 Å². The third-order valence-electron chi connectivity index (χ3n) is 3.91. The topological polar surface area (TPSA) is 60.9 Å². The van der Waals surface area contributed by atoms with Crippen molar-refractivity contribution in [3.05, 3.63) is 63.8 Å². The summed E-state index contributed by atoms with van der Waals surface area (Å²) >= 11 is 0. The standard InChI is InChI=1S/C17H18FN3O/c1-2-13(19)16-20-14-10-6-9-12(18)15(14)17(22)21(16)11-7-4-3-5-8-11/h3-5,7-9,13H,2,6,10,19H2,1H3/t13-/m0/s1. The van der Waals surface area contributed by atoms with Gasteiger partial charge in [-0.05, 0) is 37.5 Å². The normalized spacial score (nSPS) is 15.1. The predicted molar refractivity (Wildman–Crippen MR) is 84.5 cm³/mol. The van der Waals surface area contributed by atoms with Crippen LogP contribution in [-0.2, 0) is 6.42 Å². The third kappa shape index (κ3) is 2.37. The van der Waals surface area contributed by atoms with Crippen molar-refractivity contribution in [3.63, 3.8) is 0 Å². The lowest BCUT2D eigenvalue weighted by molar-refractivity contribution is 0.602. The van der Waals surface area contributed by atoms with Gasteiger partial charge < -0.3 is 5.73 Å². The lowest BCUT2D eigenvalue weighted by Crippen LogP contribution is -2.32. The highest BCUT2D eigenvalue weighted by Gasteiger charge is 2.24. The van der Waals surface area contributed by atoms with Gasteiger partial charge >= 0.3 is 0 Å². The van der Waals surface area contributed by atoms with Crippen molar-refractivity contribution in [1.29, 1.82) is 0 Å². The Bertz CT molecular complexity index is 780. The molecule has 0 fully saturated rings. The molecule has 22 heavy (non-hydrogen) atoms. The van der Waals surface area contributed by atoms with E-state index in [-0.39, 0.29) is 17.2 Å². The molecule has 2 aromatic rings. The highest BCUT2D eigenvalue weighted by Crippen LogP contribution is 2.26. The number of halogens is 1. The SMILES string of the molecule is CC[C@H](N)c1nc2c(c(=O)n1-c1ccccc1)C(F)=CCC2. The van der Waals surface area contributed by atoms with Gasteiger partial charge in [-0.3, -0.25) is 9.36 Å². The Kier molecular flexibility index (Phi) is 3.90. The molecule has 0 saturated heterocycles. The van der Waals surface area contributed by atoms with E-state index in [2.05, 4.69) is 4.98 Å². The van der Waals surface area contributed by atoms with E-state index in [0.29, 0.717) is 36.5 Å². The Morgan fingerprint density at radius 1 is 1.36 bits per heavy atom. The monoisotopic (exact) mass is 299 g/mol. The quantitative estimate of drug-likeness (QED) is 0.948. The largest absolute Gasteiger partial charge is 0.321 e. The number of hydrogen-bond acceptors (Lipinski definition) is 3. The van der Waals surface area contributed by atoms with Crippen LogP contribution in [0.5, 0.6) is 0 Å². The third-order valence-corrected chi connectivity index (χ3v) is 3.91.